The van der Waals surface area contributed by atoms with E-state index in [1.54, 1.807) is 28.4 Å². The topological polar surface area (TPSA) is 99.0 Å². The Morgan fingerprint density at radius 1 is 1.23 bits per heavy atom. The van der Waals surface area contributed by atoms with Crippen molar-refractivity contribution < 1.29 is 14.5 Å². The summed E-state index contributed by atoms with van der Waals surface area (Å²) in [7, 11) is 3.89. The van der Waals surface area contributed by atoms with Crippen LogP contribution < -0.4 is 10.2 Å². The van der Waals surface area contributed by atoms with Crippen LogP contribution in [0.5, 0.6) is 0 Å². The molecule has 9 nitrogen and oxygen atoms in total. The molecule has 10 heteroatoms. The fourth-order valence-electron chi connectivity index (χ4n) is 3.65. The first-order chi connectivity index (χ1) is 14.8. The number of anilines is 1. The van der Waals surface area contributed by atoms with Crippen molar-refractivity contribution in [2.75, 3.05) is 51.7 Å². The summed E-state index contributed by atoms with van der Waals surface area (Å²) in [6.45, 7) is 3.97. The molecule has 2 heterocycles. The molecule has 2 aromatic rings. The molecule has 0 radical (unpaired) electrons. The summed E-state index contributed by atoms with van der Waals surface area (Å²) in [5, 5.41) is 16.6. The van der Waals surface area contributed by atoms with Crippen LogP contribution in [-0.4, -0.2) is 73.4 Å². The van der Waals surface area contributed by atoms with E-state index in [0.29, 0.717) is 38.4 Å². The Kier molecular flexibility index (Phi) is 7.24. The predicted octanol–water partition coefficient (Wildman–Crippen LogP) is 2.36. The third-order valence-electron chi connectivity index (χ3n) is 5.45. The summed E-state index contributed by atoms with van der Waals surface area (Å²) < 4.78 is 0. The van der Waals surface area contributed by atoms with Gasteiger partial charge in [-0.1, -0.05) is 6.07 Å². The fraction of sp³-hybridized carbons (Fsp3) is 0.429. The van der Waals surface area contributed by atoms with Crippen LogP contribution >= 0.6 is 11.3 Å². The molecule has 3 rings (SSSR count). The number of benzene rings is 1. The normalized spacial score (nSPS) is 15.1. The van der Waals surface area contributed by atoms with Crippen molar-refractivity contribution in [1.29, 1.82) is 0 Å². The van der Waals surface area contributed by atoms with Crippen LogP contribution in [0.25, 0.3) is 0 Å². The van der Waals surface area contributed by atoms with E-state index < -0.39 is 4.92 Å². The summed E-state index contributed by atoms with van der Waals surface area (Å²) in [5.41, 5.74) is 0.613. The number of piperazine rings is 1. The van der Waals surface area contributed by atoms with Crippen LogP contribution in [0.3, 0.4) is 0 Å². The minimum Gasteiger partial charge on any atom is -0.362 e. The molecule has 1 aliphatic heterocycles. The van der Waals surface area contributed by atoms with Gasteiger partial charge in [0.15, 0.2) is 0 Å². The lowest BCUT2D eigenvalue weighted by Gasteiger charge is -2.35. The second kappa shape index (κ2) is 9.88. The van der Waals surface area contributed by atoms with Crippen LogP contribution in [0.1, 0.15) is 28.2 Å². The van der Waals surface area contributed by atoms with Crippen molar-refractivity contribution in [2.45, 2.75) is 13.0 Å². The van der Waals surface area contributed by atoms with E-state index in [2.05, 4.69) is 5.32 Å². The van der Waals surface area contributed by atoms with Gasteiger partial charge < -0.3 is 20.0 Å². The fourth-order valence-corrected chi connectivity index (χ4v) is 4.57. The molecule has 1 aliphatic rings. The van der Waals surface area contributed by atoms with E-state index in [1.165, 1.54) is 13.0 Å². The highest BCUT2D eigenvalue weighted by Gasteiger charge is 2.26. The molecule has 31 heavy (non-hydrogen) atoms. The molecule has 0 aliphatic carbocycles. The Bertz CT molecular complexity index is 939. The Hall–Kier alpha value is -2.98. The first-order valence-corrected chi connectivity index (χ1v) is 10.9. The van der Waals surface area contributed by atoms with Crippen LogP contribution in [-0.2, 0) is 4.79 Å². The summed E-state index contributed by atoms with van der Waals surface area (Å²) in [6, 6.07) is 8.58. The zero-order chi connectivity index (χ0) is 22.5. The van der Waals surface area contributed by atoms with Crippen molar-refractivity contribution >= 4 is 34.5 Å². The molecule has 166 valence electrons. The lowest BCUT2D eigenvalue weighted by molar-refractivity contribution is -0.384. The molecule has 1 aromatic heterocycles. The SMILES string of the molecule is CC(=O)N1CCN(c2ccc(C(=O)NCC(c3cccs3)N(C)C)cc2[N+](=O)[O-])CC1. The Labute approximate surface area is 185 Å². The van der Waals surface area contributed by atoms with Crippen LogP contribution in [0.15, 0.2) is 35.7 Å². The van der Waals surface area contributed by atoms with Crippen molar-refractivity contribution in [3.8, 4) is 0 Å². The highest BCUT2D eigenvalue weighted by Crippen LogP contribution is 2.30. The minimum absolute atomic E-state index is 0.000236. The zero-order valence-electron chi connectivity index (χ0n) is 17.9. The van der Waals surface area contributed by atoms with Crippen LogP contribution in [0, 0.1) is 10.1 Å². The quantitative estimate of drug-likeness (QED) is 0.519. The van der Waals surface area contributed by atoms with Gasteiger partial charge in [0.2, 0.25) is 5.91 Å². The van der Waals surface area contributed by atoms with E-state index in [1.807, 2.05) is 41.4 Å². The van der Waals surface area contributed by atoms with E-state index in [4.69, 9.17) is 0 Å². The molecule has 2 amide bonds. The molecule has 1 aromatic carbocycles. The number of nitro groups is 1. The first-order valence-electron chi connectivity index (χ1n) is 10.0. The maximum Gasteiger partial charge on any atom is 0.293 e. The maximum atomic E-state index is 12.7. The van der Waals surface area contributed by atoms with E-state index in [9.17, 15) is 19.7 Å². The standard InChI is InChI=1S/C21H27N5O4S/c1-15(27)24-8-10-25(11-9-24)17-7-6-16(13-18(17)26(29)30)21(28)22-14-19(23(2)3)20-5-4-12-31-20/h4-7,12-13,19H,8-11,14H2,1-3H3,(H,22,28). The third kappa shape index (κ3) is 5.39. The second-order valence-corrected chi connectivity index (χ2v) is 8.64. The number of hydrogen-bond donors (Lipinski definition) is 1. The Morgan fingerprint density at radius 3 is 2.48 bits per heavy atom. The Balaban J connectivity index is 1.72. The highest BCUT2D eigenvalue weighted by molar-refractivity contribution is 7.10. The smallest absolute Gasteiger partial charge is 0.293 e. The van der Waals surface area contributed by atoms with E-state index in [0.717, 1.165) is 4.88 Å². The number of nitrogens with one attached hydrogen (secondary N) is 1. The predicted molar refractivity (Wildman–Crippen MR) is 121 cm³/mol. The highest BCUT2D eigenvalue weighted by atomic mass is 32.1. The molecule has 1 N–H and O–H groups in total. The van der Waals surface area contributed by atoms with Crippen molar-refractivity contribution in [3.63, 3.8) is 0 Å². The monoisotopic (exact) mass is 445 g/mol. The van der Waals surface area contributed by atoms with Gasteiger partial charge in [-0.3, -0.25) is 19.7 Å². The third-order valence-corrected chi connectivity index (χ3v) is 6.42. The number of nitrogens with zero attached hydrogens (tertiary/aromatic N) is 4. The van der Waals surface area contributed by atoms with Crippen molar-refractivity contribution in [2.24, 2.45) is 0 Å². The molecule has 0 saturated carbocycles. The van der Waals surface area contributed by atoms with E-state index in [-0.39, 0.29) is 29.1 Å². The average Bonchev–Trinajstić information content (AvgIpc) is 3.27. The molecule has 1 fully saturated rings. The van der Waals surface area contributed by atoms with Gasteiger partial charge in [-0.2, -0.15) is 0 Å². The molecular formula is C21H27N5O4S. The molecule has 1 unspecified atom stereocenters. The maximum absolute atomic E-state index is 12.7. The number of likely N-dealkylation sites (N-methyl/N-ethyl adjacent to an activating group) is 1. The van der Waals surface area contributed by atoms with E-state index >= 15 is 0 Å². The zero-order valence-corrected chi connectivity index (χ0v) is 18.7. The van der Waals surface area contributed by atoms with Gasteiger partial charge in [-0.25, -0.2) is 0 Å². The van der Waals surface area contributed by atoms with Gasteiger partial charge in [-0.05, 0) is 37.7 Å². The van der Waals surface area contributed by atoms with Gasteiger partial charge in [0.05, 0.1) is 11.0 Å². The first kappa shape index (κ1) is 22.7. The number of amides is 2. The number of hydrogen-bond acceptors (Lipinski definition) is 7. The van der Waals surface area contributed by atoms with Gasteiger partial charge in [0.1, 0.15) is 5.69 Å². The number of nitro benzene ring substituents is 1. The van der Waals surface area contributed by atoms with Crippen molar-refractivity contribution in [1.82, 2.24) is 15.1 Å². The summed E-state index contributed by atoms with van der Waals surface area (Å²) in [6.07, 6.45) is 0. The molecule has 0 bridgehead atoms. The van der Waals surface area contributed by atoms with Gasteiger partial charge in [0.25, 0.3) is 11.6 Å². The summed E-state index contributed by atoms with van der Waals surface area (Å²) >= 11 is 1.62. The van der Waals surface area contributed by atoms with Crippen LogP contribution in [0.4, 0.5) is 11.4 Å². The van der Waals surface area contributed by atoms with Crippen LogP contribution in [0.2, 0.25) is 0 Å². The Morgan fingerprint density at radius 2 is 1.94 bits per heavy atom. The molecule has 0 spiro atoms. The molecule has 1 saturated heterocycles. The van der Waals surface area contributed by atoms with Gasteiger partial charge >= 0.3 is 0 Å². The number of rotatable bonds is 7. The average molecular weight is 446 g/mol. The minimum atomic E-state index is -0.461. The lowest BCUT2D eigenvalue weighted by atomic mass is 10.1. The number of carbonyl (C=O) groups is 2. The second-order valence-electron chi connectivity index (χ2n) is 7.66. The number of thiophene rings is 1. The van der Waals surface area contributed by atoms with Crippen molar-refractivity contribution in [3.05, 3.63) is 56.3 Å². The largest absolute Gasteiger partial charge is 0.362 e. The molecular weight excluding hydrogens is 418 g/mol. The lowest BCUT2D eigenvalue weighted by Crippen LogP contribution is -2.48. The van der Waals surface area contributed by atoms with Gasteiger partial charge in [0, 0.05) is 56.2 Å². The van der Waals surface area contributed by atoms with Gasteiger partial charge in [-0.15, -0.1) is 11.3 Å². The number of carbonyl (C=O) groups excluding carboxylic acids is 2. The summed E-state index contributed by atoms with van der Waals surface area (Å²) in [4.78, 5) is 42.2. The molecule has 1 atom stereocenters. The summed E-state index contributed by atoms with van der Waals surface area (Å²) in [5.74, 6) is -0.348.